The Hall–Kier alpha value is -1.30. The predicted octanol–water partition coefficient (Wildman–Crippen LogP) is 4.39. The van der Waals surface area contributed by atoms with Crippen LogP contribution in [0.15, 0.2) is 23.4 Å². The van der Waals surface area contributed by atoms with Gasteiger partial charge in [0.1, 0.15) is 10.2 Å². The zero-order valence-corrected chi connectivity index (χ0v) is 13.7. The topological polar surface area (TPSA) is 63.1 Å². The maximum atomic E-state index is 11.4. The number of halogens is 2. The van der Waals surface area contributed by atoms with Crippen molar-refractivity contribution >= 4 is 40.9 Å². The summed E-state index contributed by atoms with van der Waals surface area (Å²) < 4.78 is 0. The van der Waals surface area contributed by atoms with E-state index in [1.54, 1.807) is 25.3 Å². The van der Waals surface area contributed by atoms with E-state index in [0.717, 1.165) is 11.3 Å². The predicted molar refractivity (Wildman–Crippen MR) is 84.5 cm³/mol. The summed E-state index contributed by atoms with van der Waals surface area (Å²) in [5.74, 6) is -0.512. The van der Waals surface area contributed by atoms with E-state index < -0.39 is 5.97 Å². The summed E-state index contributed by atoms with van der Waals surface area (Å²) >= 11 is 13.2. The minimum Gasteiger partial charge on any atom is -0.478 e. The van der Waals surface area contributed by atoms with Crippen LogP contribution in [0.4, 0.5) is 0 Å². The van der Waals surface area contributed by atoms with E-state index in [1.807, 2.05) is 6.92 Å². The molecule has 1 N–H and O–H groups in total. The van der Waals surface area contributed by atoms with Crippen LogP contribution in [-0.2, 0) is 5.75 Å². The highest BCUT2D eigenvalue weighted by molar-refractivity contribution is 7.98. The van der Waals surface area contributed by atoms with Crippen LogP contribution in [0.5, 0.6) is 0 Å². The lowest BCUT2D eigenvalue weighted by Gasteiger charge is -2.10. The van der Waals surface area contributed by atoms with Crippen LogP contribution in [-0.4, -0.2) is 21.0 Å². The van der Waals surface area contributed by atoms with Gasteiger partial charge in [-0.15, -0.1) is 11.8 Å². The summed E-state index contributed by atoms with van der Waals surface area (Å²) in [6.45, 7) is 3.60. The van der Waals surface area contributed by atoms with Crippen LogP contribution in [0.25, 0.3) is 0 Å². The number of rotatable bonds is 4. The third-order valence-electron chi connectivity index (χ3n) is 2.79. The van der Waals surface area contributed by atoms with Crippen molar-refractivity contribution in [1.29, 1.82) is 0 Å². The molecule has 2 heterocycles. The second-order valence-corrected chi connectivity index (χ2v) is 6.21. The molecular formula is C14H12Cl2N2O2S. The summed E-state index contributed by atoms with van der Waals surface area (Å²) in [6, 6.07) is 3.32. The number of thioether (sulfide) groups is 1. The second kappa shape index (κ2) is 6.64. The lowest BCUT2D eigenvalue weighted by atomic mass is 10.1. The van der Waals surface area contributed by atoms with Gasteiger partial charge in [0.05, 0.1) is 5.56 Å². The van der Waals surface area contributed by atoms with Gasteiger partial charge in [0.2, 0.25) is 0 Å². The molecule has 2 rings (SSSR count). The molecule has 0 aliphatic heterocycles. The molecule has 7 heteroatoms. The van der Waals surface area contributed by atoms with Crippen molar-refractivity contribution in [2.75, 3.05) is 0 Å². The summed E-state index contributed by atoms with van der Waals surface area (Å²) in [5.41, 5.74) is 2.48. The zero-order chi connectivity index (χ0) is 15.6. The maximum Gasteiger partial charge on any atom is 0.338 e. The largest absolute Gasteiger partial charge is 0.478 e. The minimum atomic E-state index is -0.983. The number of carboxylic acids is 1. The lowest BCUT2D eigenvalue weighted by Crippen LogP contribution is -2.05. The van der Waals surface area contributed by atoms with Gasteiger partial charge in [0, 0.05) is 22.7 Å². The molecule has 21 heavy (non-hydrogen) atoms. The first-order valence-electron chi connectivity index (χ1n) is 6.02. The molecule has 0 atom stereocenters. The highest BCUT2D eigenvalue weighted by Crippen LogP contribution is 2.30. The van der Waals surface area contributed by atoms with E-state index in [9.17, 15) is 9.90 Å². The Kier molecular flexibility index (Phi) is 5.08. The number of hydrogen-bond acceptors (Lipinski definition) is 4. The van der Waals surface area contributed by atoms with E-state index in [-0.39, 0.29) is 5.56 Å². The van der Waals surface area contributed by atoms with Gasteiger partial charge in [-0.25, -0.2) is 14.8 Å². The van der Waals surface area contributed by atoms with E-state index in [4.69, 9.17) is 23.2 Å². The molecule has 4 nitrogen and oxygen atoms in total. The Balaban J connectivity index is 2.29. The average molecular weight is 343 g/mol. The highest BCUT2D eigenvalue weighted by Gasteiger charge is 2.16. The van der Waals surface area contributed by atoms with Crippen molar-refractivity contribution in [2.24, 2.45) is 0 Å². The van der Waals surface area contributed by atoms with E-state index >= 15 is 0 Å². The monoisotopic (exact) mass is 342 g/mol. The first kappa shape index (κ1) is 16.1. The van der Waals surface area contributed by atoms with Crippen molar-refractivity contribution in [1.82, 2.24) is 9.97 Å². The van der Waals surface area contributed by atoms with Gasteiger partial charge < -0.3 is 5.11 Å². The van der Waals surface area contributed by atoms with Gasteiger partial charge in [-0.1, -0.05) is 23.2 Å². The molecule has 0 aliphatic rings. The van der Waals surface area contributed by atoms with Gasteiger partial charge in [0.25, 0.3) is 0 Å². The third-order valence-corrected chi connectivity index (χ3v) is 4.37. The minimum absolute atomic E-state index is 0.226. The molecule has 0 saturated heterocycles. The fourth-order valence-corrected chi connectivity index (χ4v) is 3.49. The molecule has 0 bridgehead atoms. The molecule has 0 aromatic carbocycles. The fraction of sp³-hybridized carbons (Fsp3) is 0.214. The van der Waals surface area contributed by atoms with Crippen molar-refractivity contribution in [2.45, 2.75) is 24.6 Å². The molecule has 0 aliphatic carbocycles. The van der Waals surface area contributed by atoms with Gasteiger partial charge >= 0.3 is 5.97 Å². The lowest BCUT2D eigenvalue weighted by molar-refractivity contribution is 0.0691. The number of pyridine rings is 2. The Morgan fingerprint density at radius 1 is 1.33 bits per heavy atom. The van der Waals surface area contributed by atoms with Crippen molar-refractivity contribution < 1.29 is 9.90 Å². The molecule has 0 saturated carbocycles. The first-order valence-corrected chi connectivity index (χ1v) is 7.77. The van der Waals surface area contributed by atoms with Crippen LogP contribution in [0.2, 0.25) is 10.2 Å². The van der Waals surface area contributed by atoms with Gasteiger partial charge in [-0.3, -0.25) is 0 Å². The summed E-state index contributed by atoms with van der Waals surface area (Å²) in [5, 5.41) is 10.6. The molecule has 2 aromatic heterocycles. The Labute approximate surface area is 136 Å². The highest BCUT2D eigenvalue weighted by atomic mass is 35.5. The molecule has 2 aromatic rings. The van der Waals surface area contributed by atoms with Gasteiger partial charge in [-0.2, -0.15) is 0 Å². The Morgan fingerprint density at radius 3 is 2.67 bits per heavy atom. The molecule has 110 valence electrons. The fourth-order valence-electron chi connectivity index (χ4n) is 1.86. The Morgan fingerprint density at radius 2 is 2.05 bits per heavy atom. The molecule has 0 spiro atoms. The SMILES string of the molecule is Cc1cc(C)c(C(=O)O)c(SCc2cnc(Cl)cc2Cl)n1. The average Bonchev–Trinajstić information content (AvgIpc) is 2.36. The summed E-state index contributed by atoms with van der Waals surface area (Å²) in [6.07, 6.45) is 1.58. The Bertz CT molecular complexity index is 708. The standard InChI is InChI=1S/C14H12Cl2N2O2S/c1-7-3-8(2)18-13(12(7)14(19)20)21-6-9-5-17-11(16)4-10(9)15/h3-5H,6H2,1-2H3,(H,19,20). The normalized spacial score (nSPS) is 10.7. The van der Waals surface area contributed by atoms with Crippen molar-refractivity contribution in [3.63, 3.8) is 0 Å². The van der Waals surface area contributed by atoms with E-state index in [0.29, 0.717) is 26.5 Å². The number of aromatic carboxylic acids is 1. The molecule has 0 radical (unpaired) electrons. The molecule has 0 amide bonds. The molecule has 0 unspecified atom stereocenters. The maximum absolute atomic E-state index is 11.4. The van der Waals surface area contributed by atoms with E-state index in [1.165, 1.54) is 11.8 Å². The summed E-state index contributed by atoms with van der Waals surface area (Å²) in [7, 11) is 0. The van der Waals surface area contributed by atoms with Gasteiger partial charge in [-0.05, 0) is 37.1 Å². The van der Waals surface area contributed by atoms with E-state index in [2.05, 4.69) is 9.97 Å². The van der Waals surface area contributed by atoms with Crippen LogP contribution in [0.1, 0.15) is 27.2 Å². The number of nitrogens with zero attached hydrogens (tertiary/aromatic N) is 2. The number of hydrogen-bond donors (Lipinski definition) is 1. The smallest absolute Gasteiger partial charge is 0.338 e. The molecular weight excluding hydrogens is 331 g/mol. The zero-order valence-electron chi connectivity index (χ0n) is 11.4. The second-order valence-electron chi connectivity index (χ2n) is 4.45. The first-order chi connectivity index (χ1) is 9.88. The van der Waals surface area contributed by atoms with Gasteiger partial charge in [0.15, 0.2) is 0 Å². The van der Waals surface area contributed by atoms with Crippen LogP contribution < -0.4 is 0 Å². The van der Waals surface area contributed by atoms with Crippen molar-refractivity contribution in [3.8, 4) is 0 Å². The number of aromatic nitrogens is 2. The van der Waals surface area contributed by atoms with Crippen LogP contribution in [0, 0.1) is 13.8 Å². The van der Waals surface area contributed by atoms with Crippen LogP contribution >= 0.6 is 35.0 Å². The number of carboxylic acid groups (broad SMARTS) is 1. The summed E-state index contributed by atoms with van der Waals surface area (Å²) in [4.78, 5) is 19.7. The van der Waals surface area contributed by atoms with Crippen molar-refractivity contribution in [3.05, 3.63) is 50.9 Å². The van der Waals surface area contributed by atoms with Crippen LogP contribution in [0.3, 0.4) is 0 Å². The third kappa shape index (κ3) is 3.87. The quantitative estimate of drug-likeness (QED) is 0.659. The molecule has 0 fully saturated rings. The number of aryl methyl sites for hydroxylation is 2. The number of carbonyl (C=O) groups is 1.